The van der Waals surface area contributed by atoms with Gasteiger partial charge in [-0.1, -0.05) is 109 Å². The summed E-state index contributed by atoms with van der Waals surface area (Å²) in [5, 5.41) is 13.7. The second-order valence-corrected chi connectivity index (χ2v) is 15.3. The molecule has 7 nitrogen and oxygen atoms in total. The number of ether oxygens (including phenoxy) is 2. The van der Waals surface area contributed by atoms with Gasteiger partial charge in [-0.3, -0.25) is 15.0 Å². The number of Topliss-reactive ketones (excluding diaryl/α,β-unsaturated/α-hetero) is 1. The van der Waals surface area contributed by atoms with Gasteiger partial charge < -0.3 is 9.47 Å². The Morgan fingerprint density at radius 2 is 0.891 bits per heavy atom. The second-order valence-electron chi connectivity index (χ2n) is 15.3. The number of nitrogens with zero attached hydrogens (tertiary/aromatic N) is 2. The Balaban J connectivity index is 1.02. The van der Waals surface area contributed by atoms with E-state index in [1.54, 1.807) is 36.4 Å². The molecule has 2 aromatic heterocycles. The van der Waals surface area contributed by atoms with Gasteiger partial charge in [-0.2, -0.15) is 36.5 Å². The first-order valence-electron chi connectivity index (χ1n) is 20.4. The normalized spacial score (nSPS) is 12.7. The molecular formula is C51H40F6N4O3. The van der Waals surface area contributed by atoms with E-state index < -0.39 is 35.3 Å². The molecule has 2 heterocycles. The lowest BCUT2D eigenvalue weighted by Gasteiger charge is -2.24. The van der Waals surface area contributed by atoms with Gasteiger partial charge in [0.15, 0.2) is 0 Å². The Bertz CT molecular complexity index is 2590. The summed E-state index contributed by atoms with van der Waals surface area (Å²) in [4.78, 5) is 15.1. The summed E-state index contributed by atoms with van der Waals surface area (Å²) in [6, 6.07) is 44.1. The first kappa shape index (κ1) is 43.2. The number of benzene rings is 6. The van der Waals surface area contributed by atoms with Crippen molar-refractivity contribution in [3.05, 3.63) is 215 Å². The third-order valence-corrected chi connectivity index (χ3v) is 11.0. The van der Waals surface area contributed by atoms with Crippen LogP contribution in [0.1, 0.15) is 56.3 Å². The van der Waals surface area contributed by atoms with Crippen LogP contribution in [0.25, 0.3) is 22.5 Å². The summed E-state index contributed by atoms with van der Waals surface area (Å²) < 4.78 is 92.8. The molecular weight excluding hydrogens is 831 g/mol. The number of rotatable bonds is 16. The Hall–Kier alpha value is -7.41. The molecule has 2 N–H and O–H groups in total. The molecule has 0 radical (unpaired) electrons. The van der Waals surface area contributed by atoms with Gasteiger partial charge in [-0.15, -0.1) is 0 Å². The van der Waals surface area contributed by atoms with Crippen LogP contribution in [0.2, 0.25) is 0 Å². The average Bonchev–Trinajstić information content (AvgIpc) is 3.99. The van der Waals surface area contributed by atoms with E-state index in [9.17, 15) is 26.3 Å². The zero-order valence-corrected chi connectivity index (χ0v) is 34.0. The van der Waals surface area contributed by atoms with Crippen LogP contribution in [0.5, 0.6) is 11.5 Å². The van der Waals surface area contributed by atoms with Crippen molar-refractivity contribution < 1.29 is 40.6 Å². The third kappa shape index (κ3) is 10.4. The van der Waals surface area contributed by atoms with Gasteiger partial charge in [0.05, 0.1) is 34.9 Å². The maximum Gasteiger partial charge on any atom is 0.416 e. The SMILES string of the molecule is O=C(C(Cc1ccccc1)c1ccc(OCc2cn[nH]c2-c2cccc(C(F)(F)F)c2)cc1)C(Cc1ccccc1)c1ccc(OCc2cn[nH]c2-c2cccc(C(F)(F)F)c2)cc1. The number of hydrogen-bond donors (Lipinski definition) is 2. The Morgan fingerprint density at radius 1 is 0.500 bits per heavy atom. The van der Waals surface area contributed by atoms with Crippen LogP contribution >= 0.6 is 0 Å². The lowest BCUT2D eigenvalue weighted by atomic mass is 9.78. The van der Waals surface area contributed by atoms with Crippen molar-refractivity contribution >= 4 is 5.78 Å². The number of alkyl halides is 6. The summed E-state index contributed by atoms with van der Waals surface area (Å²) in [7, 11) is 0. The molecule has 6 aromatic carbocycles. The van der Waals surface area contributed by atoms with Crippen molar-refractivity contribution in [1.82, 2.24) is 20.4 Å². The molecule has 13 heteroatoms. The first-order valence-corrected chi connectivity index (χ1v) is 20.4. The number of halogens is 6. The van der Waals surface area contributed by atoms with Gasteiger partial charge >= 0.3 is 12.4 Å². The van der Waals surface area contributed by atoms with Crippen LogP contribution in [0.3, 0.4) is 0 Å². The second kappa shape index (κ2) is 18.9. The molecule has 8 aromatic rings. The van der Waals surface area contributed by atoms with Crippen molar-refractivity contribution in [1.29, 1.82) is 0 Å². The Morgan fingerprint density at radius 3 is 1.27 bits per heavy atom. The minimum Gasteiger partial charge on any atom is -0.489 e. The molecule has 0 fully saturated rings. The van der Waals surface area contributed by atoms with Gasteiger partial charge in [-0.05, 0) is 83.6 Å². The number of carbonyl (C=O) groups excluding carboxylic acids is 1. The number of carbonyl (C=O) groups is 1. The lowest BCUT2D eigenvalue weighted by Crippen LogP contribution is -2.24. The van der Waals surface area contributed by atoms with Crippen LogP contribution in [-0.2, 0) is 43.2 Å². The molecule has 8 rings (SSSR count). The zero-order valence-electron chi connectivity index (χ0n) is 34.0. The van der Waals surface area contributed by atoms with Crippen LogP contribution in [0.4, 0.5) is 26.3 Å². The average molecular weight is 871 g/mol. The van der Waals surface area contributed by atoms with Gasteiger partial charge in [0.1, 0.15) is 30.5 Å². The molecule has 0 spiro atoms. The molecule has 0 saturated heterocycles. The minimum atomic E-state index is -4.49. The Labute approximate surface area is 364 Å². The summed E-state index contributed by atoms with van der Waals surface area (Å²) in [5.74, 6) is -0.113. The fraction of sp³-hybridized carbons (Fsp3) is 0.157. The van der Waals surface area contributed by atoms with Gasteiger partial charge in [-0.25, -0.2) is 0 Å². The quantitative estimate of drug-likeness (QED) is 0.0944. The number of ketones is 1. The van der Waals surface area contributed by atoms with Crippen molar-refractivity contribution in [2.75, 3.05) is 0 Å². The molecule has 324 valence electrons. The summed E-state index contributed by atoms with van der Waals surface area (Å²) in [6.07, 6.45) is -5.09. The number of hydrogen-bond acceptors (Lipinski definition) is 5. The summed E-state index contributed by atoms with van der Waals surface area (Å²) in [5.41, 5.74) is 4.63. The number of aromatic nitrogens is 4. The standard InChI is InChI=1S/C51H40F6N4O3/c52-50(53,54)41-15-7-13-37(27-41)47-39(29-58-60-47)31-63-43-21-17-35(18-22-43)45(25-33-9-3-1-4-10-33)49(62)46(26-34-11-5-2-6-12-34)36-19-23-44(24-20-36)64-32-40-30-59-61-48(40)38-14-8-16-42(28-38)51(55,56)57/h1-24,27-30,45-46H,25-26,31-32H2,(H,58,60)(H,59,61). The molecule has 2 atom stereocenters. The van der Waals surface area contributed by atoms with E-state index >= 15 is 4.79 Å². The number of nitrogens with one attached hydrogen (secondary N) is 2. The predicted molar refractivity (Wildman–Crippen MR) is 230 cm³/mol. The molecule has 0 saturated carbocycles. The van der Waals surface area contributed by atoms with E-state index in [2.05, 4.69) is 20.4 Å². The van der Waals surface area contributed by atoms with E-state index in [4.69, 9.17) is 9.47 Å². The van der Waals surface area contributed by atoms with E-state index in [0.717, 1.165) is 46.5 Å². The van der Waals surface area contributed by atoms with E-state index in [-0.39, 0.29) is 19.0 Å². The maximum absolute atomic E-state index is 15.1. The van der Waals surface area contributed by atoms with Gasteiger partial charge in [0.25, 0.3) is 0 Å². The smallest absolute Gasteiger partial charge is 0.416 e. The third-order valence-electron chi connectivity index (χ3n) is 11.0. The van der Waals surface area contributed by atoms with E-state index in [1.807, 2.05) is 84.9 Å². The monoisotopic (exact) mass is 870 g/mol. The van der Waals surface area contributed by atoms with Crippen LogP contribution in [0.15, 0.2) is 170 Å². The van der Waals surface area contributed by atoms with Gasteiger partial charge in [0, 0.05) is 34.1 Å². The highest BCUT2D eigenvalue weighted by molar-refractivity contribution is 5.92. The number of aromatic amines is 2. The zero-order chi connectivity index (χ0) is 44.7. The summed E-state index contributed by atoms with van der Waals surface area (Å²) >= 11 is 0. The molecule has 0 amide bonds. The molecule has 0 aliphatic rings. The molecule has 0 bridgehead atoms. The number of H-pyrrole nitrogens is 2. The van der Waals surface area contributed by atoms with Crippen molar-refractivity contribution in [2.45, 2.75) is 50.2 Å². The van der Waals surface area contributed by atoms with Crippen molar-refractivity contribution in [2.24, 2.45) is 0 Å². The highest BCUT2D eigenvalue weighted by Gasteiger charge is 2.33. The summed E-state index contributed by atoms with van der Waals surface area (Å²) in [6.45, 7) is 0.0669. The lowest BCUT2D eigenvalue weighted by molar-refractivity contribution is -0.138. The topological polar surface area (TPSA) is 92.9 Å². The highest BCUT2D eigenvalue weighted by Crippen LogP contribution is 2.36. The molecule has 0 aliphatic heterocycles. The largest absolute Gasteiger partial charge is 0.489 e. The van der Waals surface area contributed by atoms with E-state index in [0.29, 0.717) is 58.0 Å². The van der Waals surface area contributed by atoms with E-state index in [1.165, 1.54) is 24.5 Å². The molecule has 64 heavy (non-hydrogen) atoms. The van der Waals surface area contributed by atoms with Crippen LogP contribution in [-0.4, -0.2) is 26.2 Å². The predicted octanol–water partition coefficient (Wildman–Crippen LogP) is 12.6. The maximum atomic E-state index is 15.1. The fourth-order valence-corrected chi connectivity index (χ4v) is 7.67. The van der Waals surface area contributed by atoms with Gasteiger partial charge in [0.2, 0.25) is 0 Å². The highest BCUT2D eigenvalue weighted by atomic mass is 19.4. The molecule has 2 unspecified atom stereocenters. The Kier molecular flexibility index (Phi) is 12.8. The first-order chi connectivity index (χ1) is 30.9. The fourth-order valence-electron chi connectivity index (χ4n) is 7.67. The minimum absolute atomic E-state index is 0.00305. The van der Waals surface area contributed by atoms with Crippen LogP contribution in [0, 0.1) is 0 Å². The van der Waals surface area contributed by atoms with Crippen molar-refractivity contribution in [3.63, 3.8) is 0 Å². The van der Waals surface area contributed by atoms with Crippen LogP contribution < -0.4 is 9.47 Å². The molecule has 0 aliphatic carbocycles. The van der Waals surface area contributed by atoms with Crippen molar-refractivity contribution in [3.8, 4) is 34.0 Å².